The minimum atomic E-state index is -1.51. The zero-order valence-corrected chi connectivity index (χ0v) is 23.6. The molecule has 0 saturated heterocycles. The average Bonchev–Trinajstić information content (AvgIpc) is 3.03. The molecule has 210 valence electrons. The molecule has 8 heteroatoms. The van der Waals surface area contributed by atoms with Gasteiger partial charge >= 0.3 is 5.97 Å². The van der Waals surface area contributed by atoms with E-state index in [0.717, 1.165) is 0 Å². The molecule has 0 aromatic heterocycles. The van der Waals surface area contributed by atoms with Gasteiger partial charge in [-0.3, -0.25) is 24.0 Å². The SMILES string of the molecule is C[C@H](CC(=O)C[C@@H](C)[C@H]1CC(=O)[C@@]2(C)C3=C(C(=O)[C@@H](O)[C@]12C)[C@@]1(C)CCC(=O)C(C)(C)[C@@H]1C[C@@H]3O)C(=O)O. The van der Waals surface area contributed by atoms with Crippen molar-refractivity contribution in [1.82, 2.24) is 0 Å². The van der Waals surface area contributed by atoms with E-state index in [2.05, 4.69) is 0 Å². The lowest BCUT2D eigenvalue weighted by molar-refractivity contribution is -0.158. The van der Waals surface area contributed by atoms with E-state index in [1.807, 2.05) is 27.7 Å². The number of Topliss-reactive ketones (excluding diaryl/α,β-unsaturated/α-hetero) is 4. The number of rotatable bonds is 6. The third kappa shape index (κ3) is 3.58. The summed E-state index contributed by atoms with van der Waals surface area (Å²) in [5.41, 5.74) is -3.37. The van der Waals surface area contributed by atoms with Crippen LogP contribution < -0.4 is 0 Å². The molecule has 0 aromatic rings. The topological polar surface area (TPSA) is 146 Å². The van der Waals surface area contributed by atoms with Crippen LogP contribution in [-0.2, 0) is 24.0 Å². The average molecular weight is 531 g/mol. The van der Waals surface area contributed by atoms with Gasteiger partial charge in [-0.05, 0) is 43.1 Å². The Balaban J connectivity index is 1.80. The van der Waals surface area contributed by atoms with Crippen LogP contribution in [0.25, 0.3) is 0 Å². The minimum Gasteiger partial charge on any atom is -0.481 e. The Bertz CT molecular complexity index is 1150. The lowest BCUT2D eigenvalue weighted by atomic mass is 9.42. The van der Waals surface area contributed by atoms with Crippen LogP contribution in [0.15, 0.2) is 11.1 Å². The summed E-state index contributed by atoms with van der Waals surface area (Å²) in [4.78, 5) is 64.8. The van der Waals surface area contributed by atoms with Gasteiger partial charge in [-0.1, -0.05) is 41.5 Å². The maximum absolute atomic E-state index is 14.1. The molecule has 0 bridgehead atoms. The summed E-state index contributed by atoms with van der Waals surface area (Å²) in [6.07, 6.45) is -1.71. The van der Waals surface area contributed by atoms with Crippen LogP contribution in [0.5, 0.6) is 0 Å². The van der Waals surface area contributed by atoms with Gasteiger partial charge in [0.05, 0.1) is 17.4 Å². The molecular formula is C30H42O8. The minimum absolute atomic E-state index is 0.0344. The zero-order chi connectivity index (χ0) is 28.7. The fraction of sp³-hybridized carbons (Fsp3) is 0.767. The standard InChI is InChI=1S/C30H42O8/c1-14(10-16(31)11-15(2)26(37)38)17-12-21(34)30(7)22-18(32)13-19-27(3,4)20(33)8-9-28(19,5)23(22)24(35)25(36)29(17,30)6/h14-15,17-19,25,32,36H,8-13H2,1-7H3,(H,37,38)/t14-,15-,17-,18+,19+,25-,28+,29+,30+/m1/s1. The van der Waals surface area contributed by atoms with Crippen molar-refractivity contribution in [3.05, 3.63) is 11.1 Å². The number of aliphatic hydroxyl groups excluding tert-OH is 2. The van der Waals surface area contributed by atoms with Crippen LogP contribution in [0, 0.1) is 45.3 Å². The van der Waals surface area contributed by atoms with Crippen molar-refractivity contribution in [1.29, 1.82) is 0 Å². The highest BCUT2D eigenvalue weighted by Crippen LogP contribution is 2.70. The van der Waals surface area contributed by atoms with Crippen LogP contribution in [0.4, 0.5) is 0 Å². The van der Waals surface area contributed by atoms with Crippen molar-refractivity contribution in [2.24, 2.45) is 45.3 Å². The summed E-state index contributed by atoms with van der Waals surface area (Å²) in [5.74, 6) is -3.91. The maximum Gasteiger partial charge on any atom is 0.306 e. The van der Waals surface area contributed by atoms with Crippen molar-refractivity contribution in [2.75, 3.05) is 0 Å². The molecule has 0 amide bonds. The van der Waals surface area contributed by atoms with Gasteiger partial charge < -0.3 is 15.3 Å². The van der Waals surface area contributed by atoms with E-state index in [4.69, 9.17) is 0 Å². The lowest BCUT2D eigenvalue weighted by Crippen LogP contribution is -2.64. The smallest absolute Gasteiger partial charge is 0.306 e. The van der Waals surface area contributed by atoms with Crippen molar-refractivity contribution in [3.63, 3.8) is 0 Å². The summed E-state index contributed by atoms with van der Waals surface area (Å²) in [6.45, 7) is 12.4. The summed E-state index contributed by atoms with van der Waals surface area (Å²) in [6, 6.07) is 0. The largest absolute Gasteiger partial charge is 0.481 e. The molecule has 9 atom stereocenters. The van der Waals surface area contributed by atoms with Crippen molar-refractivity contribution >= 4 is 29.1 Å². The second-order valence-electron chi connectivity index (χ2n) is 13.7. The van der Waals surface area contributed by atoms with E-state index < -0.39 is 57.5 Å². The summed E-state index contributed by atoms with van der Waals surface area (Å²) >= 11 is 0. The van der Waals surface area contributed by atoms with E-state index in [1.54, 1.807) is 13.8 Å². The van der Waals surface area contributed by atoms with Crippen LogP contribution in [0.1, 0.15) is 87.0 Å². The molecule has 0 spiro atoms. The van der Waals surface area contributed by atoms with Gasteiger partial charge in [-0.25, -0.2) is 0 Å². The van der Waals surface area contributed by atoms with Crippen LogP contribution in [-0.4, -0.2) is 56.6 Å². The van der Waals surface area contributed by atoms with Crippen molar-refractivity contribution in [3.8, 4) is 0 Å². The molecule has 3 N–H and O–H groups in total. The number of carbonyl (C=O) groups is 5. The fourth-order valence-electron chi connectivity index (χ4n) is 8.95. The Hall–Kier alpha value is -2.19. The highest BCUT2D eigenvalue weighted by Gasteiger charge is 2.73. The Morgan fingerprint density at radius 3 is 2.16 bits per heavy atom. The molecule has 0 unspecified atom stereocenters. The van der Waals surface area contributed by atoms with Crippen molar-refractivity contribution < 1.29 is 39.3 Å². The second-order valence-corrected chi connectivity index (χ2v) is 13.7. The van der Waals surface area contributed by atoms with Gasteiger partial charge in [0.25, 0.3) is 0 Å². The predicted octanol–water partition coefficient (Wildman–Crippen LogP) is 3.31. The monoisotopic (exact) mass is 530 g/mol. The summed E-state index contributed by atoms with van der Waals surface area (Å²) < 4.78 is 0. The molecule has 4 rings (SSSR count). The molecule has 2 saturated carbocycles. The molecule has 38 heavy (non-hydrogen) atoms. The van der Waals surface area contributed by atoms with Crippen LogP contribution in [0.3, 0.4) is 0 Å². The Labute approximate surface area is 224 Å². The molecule has 0 radical (unpaired) electrons. The quantitative estimate of drug-likeness (QED) is 0.474. The predicted molar refractivity (Wildman–Crippen MR) is 138 cm³/mol. The molecule has 4 aliphatic carbocycles. The number of ketones is 4. The first kappa shape index (κ1) is 28.8. The molecule has 8 nitrogen and oxygen atoms in total. The Morgan fingerprint density at radius 1 is 0.974 bits per heavy atom. The van der Waals surface area contributed by atoms with Crippen LogP contribution in [0.2, 0.25) is 0 Å². The maximum atomic E-state index is 14.1. The van der Waals surface area contributed by atoms with E-state index in [9.17, 15) is 39.3 Å². The van der Waals surface area contributed by atoms with E-state index >= 15 is 0 Å². The first-order chi connectivity index (χ1) is 17.4. The number of carbonyl (C=O) groups excluding carboxylic acids is 4. The summed E-state index contributed by atoms with van der Waals surface area (Å²) in [7, 11) is 0. The van der Waals surface area contributed by atoms with E-state index in [-0.39, 0.29) is 61.3 Å². The second kappa shape index (κ2) is 8.91. The molecule has 0 aromatic carbocycles. The number of aliphatic carboxylic acids is 1. The Morgan fingerprint density at radius 2 is 1.58 bits per heavy atom. The van der Waals surface area contributed by atoms with E-state index in [1.165, 1.54) is 6.92 Å². The number of hydrogen-bond acceptors (Lipinski definition) is 7. The molecule has 0 aliphatic heterocycles. The molecule has 0 heterocycles. The number of carboxylic acid groups (broad SMARTS) is 1. The lowest BCUT2D eigenvalue weighted by Gasteiger charge is -2.61. The Kier molecular flexibility index (Phi) is 6.76. The third-order valence-corrected chi connectivity index (χ3v) is 11.5. The highest BCUT2D eigenvalue weighted by molar-refractivity contribution is 6.08. The number of fused-ring (bicyclic) bond motifs is 4. The van der Waals surface area contributed by atoms with Crippen molar-refractivity contribution in [2.45, 2.75) is 99.2 Å². The first-order valence-electron chi connectivity index (χ1n) is 13.8. The number of hydrogen-bond donors (Lipinski definition) is 3. The van der Waals surface area contributed by atoms with Gasteiger partial charge in [-0.15, -0.1) is 0 Å². The highest BCUT2D eigenvalue weighted by atomic mass is 16.4. The van der Waals surface area contributed by atoms with Gasteiger partial charge in [-0.2, -0.15) is 0 Å². The summed E-state index contributed by atoms with van der Waals surface area (Å²) in [5, 5.41) is 32.5. The van der Waals surface area contributed by atoms with Gasteiger partial charge in [0, 0.05) is 47.5 Å². The molecule has 2 fully saturated rings. The first-order valence-corrected chi connectivity index (χ1v) is 13.8. The van der Waals surface area contributed by atoms with Crippen LogP contribution >= 0.6 is 0 Å². The fourth-order valence-corrected chi connectivity index (χ4v) is 8.95. The van der Waals surface area contributed by atoms with Gasteiger partial charge in [0.15, 0.2) is 5.78 Å². The van der Waals surface area contributed by atoms with E-state index in [0.29, 0.717) is 17.6 Å². The molecule has 4 aliphatic rings. The number of carboxylic acids is 1. The molecular weight excluding hydrogens is 488 g/mol. The van der Waals surface area contributed by atoms with Gasteiger partial charge in [0.1, 0.15) is 23.5 Å². The zero-order valence-electron chi connectivity index (χ0n) is 23.6. The number of aliphatic hydroxyl groups is 2. The van der Waals surface area contributed by atoms with Gasteiger partial charge in [0.2, 0.25) is 0 Å². The normalized spacial score (nSPS) is 41.8. The third-order valence-electron chi connectivity index (χ3n) is 11.5.